The van der Waals surface area contributed by atoms with Crippen LogP contribution in [0.3, 0.4) is 0 Å². The third kappa shape index (κ3) is 3.04. The molecule has 15 heavy (non-hydrogen) atoms. The third-order valence-electron chi connectivity index (χ3n) is 2.11. The average Bonchev–Trinajstić information content (AvgIpc) is 2.24. The molecule has 2 N–H and O–H groups in total. The van der Waals surface area contributed by atoms with E-state index in [0.717, 1.165) is 12.0 Å². The van der Waals surface area contributed by atoms with Crippen molar-refractivity contribution in [2.45, 2.75) is 33.2 Å². The van der Waals surface area contributed by atoms with Gasteiger partial charge in [-0.1, -0.05) is 18.5 Å². The van der Waals surface area contributed by atoms with Gasteiger partial charge in [-0.05, 0) is 13.8 Å². The Hall–Kier alpha value is -0.870. The second-order valence-electron chi connectivity index (χ2n) is 3.49. The first-order chi connectivity index (χ1) is 7.08. The highest BCUT2D eigenvalue weighted by molar-refractivity contribution is 6.30. The van der Waals surface area contributed by atoms with E-state index in [0.29, 0.717) is 16.8 Å². The van der Waals surface area contributed by atoms with E-state index in [2.05, 4.69) is 15.3 Å². The van der Waals surface area contributed by atoms with Crippen LogP contribution in [-0.4, -0.2) is 27.7 Å². The summed E-state index contributed by atoms with van der Waals surface area (Å²) in [7, 11) is 0. The molecule has 1 rings (SSSR count). The van der Waals surface area contributed by atoms with Gasteiger partial charge in [-0.25, -0.2) is 9.97 Å². The second kappa shape index (κ2) is 5.28. The summed E-state index contributed by atoms with van der Waals surface area (Å²) in [5, 5.41) is 12.5. The number of halogens is 1. The van der Waals surface area contributed by atoms with Crippen molar-refractivity contribution in [3.8, 4) is 0 Å². The number of aromatic nitrogens is 2. The summed E-state index contributed by atoms with van der Waals surface area (Å²) < 4.78 is 0. The Morgan fingerprint density at radius 3 is 2.67 bits per heavy atom. The normalized spacial score (nSPS) is 12.6. The lowest BCUT2D eigenvalue weighted by atomic mass is 10.3. The number of aryl methyl sites for hydroxylation is 1. The van der Waals surface area contributed by atoms with Crippen molar-refractivity contribution in [3.05, 3.63) is 16.5 Å². The minimum Gasteiger partial charge on any atom is -0.394 e. The summed E-state index contributed by atoms with van der Waals surface area (Å²) in [4.78, 5) is 8.46. The molecule has 0 radical (unpaired) electrons. The number of nitrogens with zero attached hydrogens (tertiary/aromatic N) is 2. The molecule has 0 saturated carbocycles. The molecule has 1 heterocycles. The fourth-order valence-electron chi connectivity index (χ4n) is 1.11. The van der Waals surface area contributed by atoms with Crippen LogP contribution in [0.1, 0.15) is 25.2 Å². The van der Waals surface area contributed by atoms with Crippen LogP contribution in [-0.2, 0) is 6.42 Å². The first-order valence-electron chi connectivity index (χ1n) is 4.98. The van der Waals surface area contributed by atoms with Crippen molar-refractivity contribution in [1.82, 2.24) is 9.97 Å². The molecule has 0 aliphatic heterocycles. The number of hydrogen-bond acceptors (Lipinski definition) is 4. The minimum atomic E-state index is -0.0422. The van der Waals surface area contributed by atoms with Crippen molar-refractivity contribution in [2.75, 3.05) is 11.9 Å². The Kier molecular flexibility index (Phi) is 4.29. The standard InChI is InChI=1S/C10H16ClN3O/c1-4-8-13-9(11)7(3)10(14-8)12-6(2)5-15/h6,15H,4-5H2,1-3H3,(H,12,13,14). The molecular formula is C10H16ClN3O. The Balaban J connectivity index is 2.99. The predicted octanol–water partition coefficient (Wildman–Crippen LogP) is 1.79. The summed E-state index contributed by atoms with van der Waals surface area (Å²) in [6.45, 7) is 5.76. The Morgan fingerprint density at radius 1 is 1.47 bits per heavy atom. The van der Waals surface area contributed by atoms with E-state index in [1.54, 1.807) is 0 Å². The average molecular weight is 230 g/mol. The quantitative estimate of drug-likeness (QED) is 0.773. The van der Waals surface area contributed by atoms with Gasteiger partial charge in [-0.3, -0.25) is 0 Å². The molecule has 4 nitrogen and oxygen atoms in total. The Labute approximate surface area is 94.7 Å². The second-order valence-corrected chi connectivity index (χ2v) is 3.84. The molecule has 1 unspecified atom stereocenters. The van der Waals surface area contributed by atoms with Gasteiger partial charge in [0.05, 0.1) is 6.61 Å². The van der Waals surface area contributed by atoms with E-state index in [-0.39, 0.29) is 12.6 Å². The number of aliphatic hydroxyl groups is 1. The molecular weight excluding hydrogens is 214 g/mol. The first-order valence-corrected chi connectivity index (χ1v) is 5.36. The monoisotopic (exact) mass is 229 g/mol. The van der Waals surface area contributed by atoms with Crippen LogP contribution in [0.25, 0.3) is 0 Å². The molecule has 0 aliphatic rings. The van der Waals surface area contributed by atoms with E-state index in [1.807, 2.05) is 20.8 Å². The van der Waals surface area contributed by atoms with Crippen LogP contribution in [0.15, 0.2) is 0 Å². The Bertz CT molecular complexity index is 344. The highest BCUT2D eigenvalue weighted by atomic mass is 35.5. The van der Waals surface area contributed by atoms with E-state index >= 15 is 0 Å². The third-order valence-corrected chi connectivity index (χ3v) is 2.47. The SMILES string of the molecule is CCc1nc(Cl)c(C)c(NC(C)CO)n1. The van der Waals surface area contributed by atoms with E-state index in [4.69, 9.17) is 16.7 Å². The molecule has 1 atom stereocenters. The molecule has 5 heteroatoms. The predicted molar refractivity (Wildman–Crippen MR) is 61.3 cm³/mol. The number of anilines is 1. The number of rotatable bonds is 4. The minimum absolute atomic E-state index is 0.0422. The lowest BCUT2D eigenvalue weighted by molar-refractivity contribution is 0.281. The summed E-state index contributed by atoms with van der Waals surface area (Å²) in [5.74, 6) is 1.41. The summed E-state index contributed by atoms with van der Waals surface area (Å²) in [5.41, 5.74) is 0.814. The van der Waals surface area contributed by atoms with Crippen LogP contribution >= 0.6 is 11.6 Å². The molecule has 0 bridgehead atoms. The fourth-order valence-corrected chi connectivity index (χ4v) is 1.30. The van der Waals surface area contributed by atoms with Crippen molar-refractivity contribution in [3.63, 3.8) is 0 Å². The number of aliphatic hydroxyl groups excluding tert-OH is 1. The van der Waals surface area contributed by atoms with Crippen molar-refractivity contribution >= 4 is 17.4 Å². The number of hydrogen-bond donors (Lipinski definition) is 2. The van der Waals surface area contributed by atoms with E-state index < -0.39 is 0 Å². The maximum absolute atomic E-state index is 8.94. The molecule has 0 spiro atoms. The van der Waals surface area contributed by atoms with Crippen molar-refractivity contribution < 1.29 is 5.11 Å². The summed E-state index contributed by atoms with van der Waals surface area (Å²) >= 11 is 5.97. The first kappa shape index (κ1) is 12.2. The van der Waals surface area contributed by atoms with Crippen LogP contribution in [0.2, 0.25) is 5.15 Å². The lowest BCUT2D eigenvalue weighted by Crippen LogP contribution is -2.21. The molecule has 1 aromatic rings. The van der Waals surface area contributed by atoms with Crippen LogP contribution in [0.4, 0.5) is 5.82 Å². The zero-order chi connectivity index (χ0) is 11.4. The smallest absolute Gasteiger partial charge is 0.137 e. The molecule has 0 aliphatic carbocycles. The molecule has 0 fully saturated rings. The van der Waals surface area contributed by atoms with Gasteiger partial charge in [0, 0.05) is 18.0 Å². The van der Waals surface area contributed by atoms with Gasteiger partial charge in [0.1, 0.15) is 16.8 Å². The largest absolute Gasteiger partial charge is 0.394 e. The maximum atomic E-state index is 8.94. The topological polar surface area (TPSA) is 58.0 Å². The highest BCUT2D eigenvalue weighted by Crippen LogP contribution is 2.20. The molecule has 0 amide bonds. The van der Waals surface area contributed by atoms with Gasteiger partial charge in [-0.15, -0.1) is 0 Å². The molecule has 0 saturated heterocycles. The van der Waals surface area contributed by atoms with Gasteiger partial charge in [0.2, 0.25) is 0 Å². The van der Waals surface area contributed by atoms with Crippen molar-refractivity contribution in [2.24, 2.45) is 0 Å². The molecule has 0 aromatic carbocycles. The van der Waals surface area contributed by atoms with Gasteiger partial charge in [0.25, 0.3) is 0 Å². The zero-order valence-corrected chi connectivity index (χ0v) is 9.97. The van der Waals surface area contributed by atoms with Gasteiger partial charge in [0.15, 0.2) is 0 Å². The summed E-state index contributed by atoms with van der Waals surface area (Å²) in [6.07, 6.45) is 0.738. The zero-order valence-electron chi connectivity index (χ0n) is 9.21. The fraction of sp³-hybridized carbons (Fsp3) is 0.600. The molecule has 1 aromatic heterocycles. The van der Waals surface area contributed by atoms with E-state index in [1.165, 1.54) is 0 Å². The lowest BCUT2D eigenvalue weighted by Gasteiger charge is -2.14. The molecule has 84 valence electrons. The van der Waals surface area contributed by atoms with Crippen LogP contribution in [0.5, 0.6) is 0 Å². The summed E-state index contributed by atoms with van der Waals surface area (Å²) in [6, 6.07) is -0.0422. The van der Waals surface area contributed by atoms with Gasteiger partial charge >= 0.3 is 0 Å². The highest BCUT2D eigenvalue weighted by Gasteiger charge is 2.10. The number of nitrogens with one attached hydrogen (secondary N) is 1. The van der Waals surface area contributed by atoms with E-state index in [9.17, 15) is 0 Å². The van der Waals surface area contributed by atoms with Gasteiger partial charge < -0.3 is 10.4 Å². The van der Waals surface area contributed by atoms with Crippen molar-refractivity contribution in [1.29, 1.82) is 0 Å². The van der Waals surface area contributed by atoms with Gasteiger partial charge in [-0.2, -0.15) is 0 Å². The Morgan fingerprint density at radius 2 is 2.13 bits per heavy atom. The van der Waals surface area contributed by atoms with Crippen LogP contribution < -0.4 is 5.32 Å². The maximum Gasteiger partial charge on any atom is 0.137 e. The van der Waals surface area contributed by atoms with Crippen LogP contribution in [0, 0.1) is 6.92 Å².